The van der Waals surface area contributed by atoms with Gasteiger partial charge in [0.15, 0.2) is 0 Å². The number of nitrogens with two attached hydrogens (primary N) is 2. The first kappa shape index (κ1) is 20.9. The molecule has 0 saturated heterocycles. The van der Waals surface area contributed by atoms with E-state index in [1.807, 2.05) is 13.8 Å². The summed E-state index contributed by atoms with van der Waals surface area (Å²) in [7, 11) is 0. The highest BCUT2D eigenvalue weighted by atomic mass is 19.1. The number of hydrogen-bond donors (Lipinski definition) is 5. The highest BCUT2D eigenvalue weighted by Gasteiger charge is 2.14. The van der Waals surface area contributed by atoms with E-state index in [-0.39, 0.29) is 28.4 Å². The largest absolute Gasteiger partial charge is 0.398 e. The van der Waals surface area contributed by atoms with Crippen LogP contribution in [0.5, 0.6) is 0 Å². The van der Waals surface area contributed by atoms with E-state index in [4.69, 9.17) is 27.7 Å². The molecule has 138 valence electrons. The van der Waals surface area contributed by atoms with Gasteiger partial charge in [0.2, 0.25) is 0 Å². The lowest BCUT2D eigenvalue weighted by atomic mass is 10.0. The molecule has 1 aromatic rings. The molecule has 0 aliphatic rings. The summed E-state index contributed by atoms with van der Waals surface area (Å²) < 4.78 is 26.8. The van der Waals surface area contributed by atoms with Crippen LogP contribution in [0.2, 0.25) is 0 Å². The van der Waals surface area contributed by atoms with Crippen LogP contribution >= 0.6 is 0 Å². The molecule has 0 saturated carbocycles. The van der Waals surface area contributed by atoms with Crippen molar-refractivity contribution < 1.29 is 8.78 Å². The van der Waals surface area contributed by atoms with Gasteiger partial charge in [0, 0.05) is 35.5 Å². The van der Waals surface area contributed by atoms with Crippen LogP contribution in [0.25, 0.3) is 0 Å². The van der Waals surface area contributed by atoms with E-state index in [1.165, 1.54) is 12.2 Å². The van der Waals surface area contributed by atoms with Crippen molar-refractivity contribution in [3.8, 4) is 0 Å². The van der Waals surface area contributed by atoms with Gasteiger partial charge in [0.25, 0.3) is 0 Å². The van der Waals surface area contributed by atoms with Gasteiger partial charge in [-0.15, -0.1) is 0 Å². The van der Waals surface area contributed by atoms with Crippen molar-refractivity contribution in [1.82, 2.24) is 0 Å². The molecule has 0 aromatic heterocycles. The minimum atomic E-state index is -0.926. The molecule has 0 unspecified atom stereocenters. The summed E-state index contributed by atoms with van der Waals surface area (Å²) in [6.07, 6.45) is 3.89. The van der Waals surface area contributed by atoms with E-state index in [0.29, 0.717) is 24.2 Å². The van der Waals surface area contributed by atoms with Gasteiger partial charge in [-0.3, -0.25) is 10.8 Å². The molecule has 0 aliphatic heterocycles. The lowest BCUT2D eigenvalue weighted by Crippen LogP contribution is -2.16. The maximum Gasteiger partial charge on any atom is 0.146 e. The third-order valence-electron chi connectivity index (χ3n) is 3.23. The van der Waals surface area contributed by atoms with Crippen molar-refractivity contribution >= 4 is 23.6 Å². The number of benzene rings is 1. The molecule has 0 atom stereocenters. The lowest BCUT2D eigenvalue weighted by molar-refractivity contribution is 0.582. The molecule has 26 heavy (non-hydrogen) atoms. The number of hydrogen-bond acceptors (Lipinski definition) is 4. The average Bonchev–Trinajstić information content (AvgIpc) is 2.52. The van der Waals surface area contributed by atoms with Gasteiger partial charge in [0.05, 0.1) is 5.71 Å². The summed E-state index contributed by atoms with van der Waals surface area (Å²) >= 11 is 0. The number of allylic oxidation sites excluding steroid dienone is 2. The molecule has 0 bridgehead atoms. The number of aliphatic imine (C=N–C) groups is 1. The molecular weight excluding hydrogens is 338 g/mol. The van der Waals surface area contributed by atoms with Crippen LogP contribution < -0.4 is 11.5 Å². The van der Waals surface area contributed by atoms with Gasteiger partial charge < -0.3 is 16.9 Å². The third-order valence-corrected chi connectivity index (χ3v) is 3.23. The van der Waals surface area contributed by atoms with Crippen molar-refractivity contribution in [2.75, 3.05) is 0 Å². The summed E-state index contributed by atoms with van der Waals surface area (Å²) in [5.41, 5.74) is 10.9. The molecule has 7 N–H and O–H groups in total. The smallest absolute Gasteiger partial charge is 0.146 e. The molecular formula is C18H22F2N6. The Hall–Kier alpha value is -3.16. The van der Waals surface area contributed by atoms with Gasteiger partial charge in [-0.1, -0.05) is 13.8 Å². The monoisotopic (exact) mass is 360 g/mol. The zero-order chi connectivity index (χ0) is 19.9. The Bertz CT molecular complexity index is 806. The van der Waals surface area contributed by atoms with Gasteiger partial charge in [-0.2, -0.15) is 0 Å². The zero-order valence-electron chi connectivity index (χ0n) is 14.6. The quantitative estimate of drug-likeness (QED) is 0.290. The van der Waals surface area contributed by atoms with Gasteiger partial charge >= 0.3 is 0 Å². The van der Waals surface area contributed by atoms with Crippen LogP contribution in [0.4, 0.5) is 8.78 Å². The van der Waals surface area contributed by atoms with Crippen molar-refractivity contribution in [3.05, 3.63) is 58.8 Å². The Morgan fingerprint density at radius 2 is 1.85 bits per heavy atom. The maximum atomic E-state index is 13.8. The third kappa shape index (κ3) is 6.04. The number of amidine groups is 2. The summed E-state index contributed by atoms with van der Waals surface area (Å²) in [6.45, 7) is 3.94. The van der Waals surface area contributed by atoms with E-state index in [9.17, 15) is 8.78 Å². The zero-order valence-corrected chi connectivity index (χ0v) is 14.6. The Labute approximate surface area is 150 Å². The molecule has 1 aromatic carbocycles. The Morgan fingerprint density at radius 1 is 1.19 bits per heavy atom. The van der Waals surface area contributed by atoms with E-state index in [2.05, 4.69) is 4.99 Å². The molecule has 0 aliphatic carbocycles. The first-order valence-corrected chi connectivity index (χ1v) is 7.80. The fourth-order valence-corrected chi connectivity index (χ4v) is 2.05. The van der Waals surface area contributed by atoms with Crippen LogP contribution in [-0.2, 0) is 0 Å². The molecule has 1 rings (SSSR count). The number of halogens is 2. The van der Waals surface area contributed by atoms with Crippen LogP contribution in [0.15, 0.2) is 46.6 Å². The number of nitrogens with one attached hydrogen (secondary N) is 3. The normalized spacial score (nSPS) is 13.0. The lowest BCUT2D eigenvalue weighted by Gasteiger charge is -2.08. The fourth-order valence-electron chi connectivity index (χ4n) is 2.05. The second-order valence-electron chi connectivity index (χ2n) is 5.93. The first-order valence-electron chi connectivity index (χ1n) is 7.80. The Morgan fingerprint density at radius 3 is 2.38 bits per heavy atom. The van der Waals surface area contributed by atoms with Crippen molar-refractivity contribution in [1.29, 1.82) is 16.2 Å². The molecule has 0 fully saturated rings. The molecule has 0 spiro atoms. The summed E-state index contributed by atoms with van der Waals surface area (Å²) in [5.74, 6) is -1.22. The topological polar surface area (TPSA) is 136 Å². The van der Waals surface area contributed by atoms with E-state index < -0.39 is 11.6 Å². The van der Waals surface area contributed by atoms with E-state index >= 15 is 0 Å². The Balaban J connectivity index is 3.06. The van der Waals surface area contributed by atoms with E-state index in [1.54, 1.807) is 0 Å². The predicted octanol–water partition coefficient (Wildman–Crippen LogP) is 3.13. The maximum absolute atomic E-state index is 13.8. The van der Waals surface area contributed by atoms with Gasteiger partial charge in [-0.05, 0) is 30.2 Å². The molecule has 0 radical (unpaired) electrons. The van der Waals surface area contributed by atoms with Gasteiger partial charge in [0.1, 0.15) is 23.3 Å². The SMILES string of the molecule is CC(C)CC(N)=NC(=N)/C=C\C(N)=C(\C=N)C(=N)c1ccc(F)cc1F. The van der Waals surface area contributed by atoms with E-state index in [0.717, 1.165) is 18.3 Å². The fraction of sp³-hybridized carbons (Fsp3) is 0.222. The second kappa shape index (κ2) is 9.36. The highest BCUT2D eigenvalue weighted by molar-refractivity contribution is 6.23. The molecule has 8 heteroatoms. The molecule has 0 amide bonds. The van der Waals surface area contributed by atoms with Gasteiger partial charge in [-0.25, -0.2) is 13.8 Å². The number of nitrogens with zero attached hydrogens (tertiary/aromatic N) is 1. The summed E-state index contributed by atoms with van der Waals surface area (Å²) in [4.78, 5) is 3.90. The highest BCUT2D eigenvalue weighted by Crippen LogP contribution is 2.15. The van der Waals surface area contributed by atoms with Crippen molar-refractivity contribution in [2.24, 2.45) is 22.4 Å². The second-order valence-corrected chi connectivity index (χ2v) is 5.93. The van der Waals surface area contributed by atoms with Crippen molar-refractivity contribution in [2.45, 2.75) is 20.3 Å². The molecule has 0 heterocycles. The van der Waals surface area contributed by atoms with Crippen LogP contribution in [0.3, 0.4) is 0 Å². The summed E-state index contributed by atoms with van der Waals surface area (Å²) in [6, 6.07) is 2.77. The minimum Gasteiger partial charge on any atom is -0.398 e. The minimum absolute atomic E-state index is 0.0314. The number of rotatable bonds is 7. The van der Waals surface area contributed by atoms with Crippen LogP contribution in [0.1, 0.15) is 25.8 Å². The summed E-state index contributed by atoms with van der Waals surface area (Å²) in [5, 5.41) is 23.2. The first-order chi connectivity index (χ1) is 12.1. The Kier molecular flexibility index (Phi) is 7.52. The average molecular weight is 360 g/mol. The van der Waals surface area contributed by atoms with Crippen LogP contribution in [0, 0.1) is 33.8 Å². The van der Waals surface area contributed by atoms with Crippen molar-refractivity contribution in [3.63, 3.8) is 0 Å². The molecule has 6 nitrogen and oxygen atoms in total. The predicted molar refractivity (Wildman–Crippen MR) is 101 cm³/mol. The standard InChI is InChI=1S/C18H22F2N6/c1-10(2)7-17(24)26-16(23)6-5-15(22)13(9-21)18(25)12-4-3-11(19)8-14(12)20/h3-6,8-10,21,25H,7,22H2,1-2H3,(H3,23,24,26)/b6-5-,15-13+,21-9?,25-18?. The van der Waals surface area contributed by atoms with Crippen LogP contribution in [-0.4, -0.2) is 23.6 Å².